The van der Waals surface area contributed by atoms with E-state index in [1.807, 2.05) is 35.0 Å². The zero-order valence-corrected chi connectivity index (χ0v) is 24.0. The summed E-state index contributed by atoms with van der Waals surface area (Å²) in [7, 11) is -3.71. The predicted molar refractivity (Wildman–Crippen MR) is 145 cm³/mol. The van der Waals surface area contributed by atoms with E-state index in [0.29, 0.717) is 11.5 Å². The summed E-state index contributed by atoms with van der Waals surface area (Å²) in [5, 5.41) is 15.3. The molecule has 2 N–H and O–H groups in total. The van der Waals surface area contributed by atoms with Crippen molar-refractivity contribution in [1.29, 1.82) is 0 Å². The molecule has 1 aromatic carbocycles. The average molecular weight is 655 g/mol. The SMILES string of the molecule is N/C([S-])=N/N=C\c1cccs1.O=S(=O)(/N=C\c1cccs1)c1ccc([N-]c2ccccn2)cc1.[O]=[Mo+2]=[O]. The van der Waals surface area contributed by atoms with Crippen LogP contribution in [0.2, 0.25) is 0 Å². The molecular weight excluding hydrogens is 636 g/mol. The summed E-state index contributed by atoms with van der Waals surface area (Å²) < 4.78 is 45.0. The number of thiophene rings is 2. The van der Waals surface area contributed by atoms with E-state index in [0.717, 1.165) is 9.75 Å². The second-order valence-corrected chi connectivity index (χ2v) is 10.6. The fraction of sp³-hybridized carbons (Fsp3) is 0. The van der Waals surface area contributed by atoms with Crippen LogP contribution in [0.1, 0.15) is 9.75 Å². The first kappa shape index (κ1) is 30.1. The van der Waals surface area contributed by atoms with Crippen LogP contribution in [-0.4, -0.2) is 31.0 Å². The molecule has 4 aromatic rings. The van der Waals surface area contributed by atoms with E-state index in [4.69, 9.17) is 12.5 Å². The molecule has 0 aliphatic heterocycles. The molecule has 0 saturated heterocycles. The minimum absolute atomic E-state index is 0.0535. The number of nitrogens with zero attached hydrogens (tertiary/aromatic N) is 5. The molecule has 0 unspecified atom stereocenters. The van der Waals surface area contributed by atoms with Crippen molar-refractivity contribution >= 4 is 74.4 Å². The summed E-state index contributed by atoms with van der Waals surface area (Å²) in [5.74, 6) is 0.568. The monoisotopic (exact) mass is 656 g/mol. The number of amidine groups is 1. The van der Waals surface area contributed by atoms with Gasteiger partial charge in [0.1, 0.15) is 0 Å². The number of pyridine rings is 1. The van der Waals surface area contributed by atoms with Gasteiger partial charge in [0.15, 0.2) is 0 Å². The molecular formula is C22H18MoN6O4S4. The van der Waals surface area contributed by atoms with Gasteiger partial charge in [-0.2, -0.15) is 23.0 Å². The van der Waals surface area contributed by atoms with Gasteiger partial charge in [-0.15, -0.1) is 22.7 Å². The van der Waals surface area contributed by atoms with Gasteiger partial charge in [-0.25, -0.2) is 0 Å². The van der Waals surface area contributed by atoms with Gasteiger partial charge in [0.25, 0.3) is 10.0 Å². The molecule has 10 nitrogen and oxygen atoms in total. The first-order valence-electron chi connectivity index (χ1n) is 9.89. The third-order valence-corrected chi connectivity index (χ3v) is 6.72. The van der Waals surface area contributed by atoms with Crippen molar-refractivity contribution in [2.45, 2.75) is 4.90 Å². The Balaban J connectivity index is 0.000000287. The van der Waals surface area contributed by atoms with Crippen molar-refractivity contribution in [3.05, 3.63) is 98.8 Å². The first-order valence-corrected chi connectivity index (χ1v) is 15.1. The van der Waals surface area contributed by atoms with Gasteiger partial charge in [-0.3, -0.25) is 0 Å². The molecule has 3 heterocycles. The molecule has 0 aliphatic carbocycles. The fourth-order valence-electron chi connectivity index (χ4n) is 2.30. The van der Waals surface area contributed by atoms with Crippen LogP contribution in [0.4, 0.5) is 11.5 Å². The maximum atomic E-state index is 12.2. The molecule has 0 radical (unpaired) electrons. The molecule has 4 rings (SSSR count). The Kier molecular flexibility index (Phi) is 13.5. The van der Waals surface area contributed by atoms with Crippen molar-refractivity contribution in [3.8, 4) is 0 Å². The summed E-state index contributed by atoms with van der Waals surface area (Å²) >= 11 is 5.47. The van der Waals surface area contributed by atoms with E-state index >= 15 is 0 Å². The standard InChI is InChI=1S/C16H12N3O2S2.C6H7N3S2.Mo.2O/c20-23(21,18-12-14-4-3-11-22-14)15-8-6-13(7-9-15)19-16-5-1-2-10-17-16;7-6(10)9-8-4-5-2-1-3-11-5;;;/h1-12H;1-4H,(H3,7,9,10);;;/q-1;;+2;;/p-1/b18-12-;8-4-;;;. The van der Waals surface area contributed by atoms with Crippen LogP contribution in [-0.2, 0) is 47.9 Å². The van der Waals surface area contributed by atoms with Crippen LogP contribution in [0.15, 0.2) is 103 Å². The molecule has 3 aromatic heterocycles. The molecule has 0 bridgehead atoms. The number of benzene rings is 1. The second kappa shape index (κ2) is 16.6. The Morgan fingerprint density at radius 3 is 2.08 bits per heavy atom. The number of nitrogens with two attached hydrogens (primary N) is 1. The third-order valence-electron chi connectivity index (χ3n) is 3.77. The molecule has 190 valence electrons. The van der Waals surface area contributed by atoms with Crippen molar-refractivity contribution in [2.75, 3.05) is 0 Å². The van der Waals surface area contributed by atoms with Gasteiger partial charge in [0.2, 0.25) is 0 Å². The number of rotatable bonds is 7. The number of hydrogen-bond acceptors (Lipinski definition) is 10. The quantitative estimate of drug-likeness (QED) is 0.0967. The van der Waals surface area contributed by atoms with Crippen LogP contribution < -0.4 is 5.73 Å². The van der Waals surface area contributed by atoms with E-state index in [1.165, 1.54) is 29.7 Å². The third kappa shape index (κ3) is 12.1. The molecule has 15 heteroatoms. The Morgan fingerprint density at radius 2 is 1.57 bits per heavy atom. The summed E-state index contributed by atoms with van der Waals surface area (Å²) in [5.41, 5.74) is 5.72. The van der Waals surface area contributed by atoms with E-state index in [1.54, 1.807) is 54.1 Å². The number of aromatic nitrogens is 1. The summed E-state index contributed by atoms with van der Waals surface area (Å²) in [6, 6.07) is 19.2. The molecule has 0 aliphatic rings. The number of hydrogen-bond donors (Lipinski definition) is 1. The van der Waals surface area contributed by atoms with Crippen molar-refractivity contribution in [1.82, 2.24) is 4.98 Å². The van der Waals surface area contributed by atoms with Crippen LogP contribution >= 0.6 is 22.7 Å². The Morgan fingerprint density at radius 1 is 0.946 bits per heavy atom. The molecule has 0 spiro atoms. The first-order chi connectivity index (χ1) is 17.8. The van der Waals surface area contributed by atoms with Crippen LogP contribution in [0.25, 0.3) is 5.32 Å². The van der Waals surface area contributed by atoms with Crippen molar-refractivity contribution in [3.63, 3.8) is 0 Å². The van der Waals surface area contributed by atoms with E-state index < -0.39 is 28.5 Å². The normalized spacial score (nSPS) is 11.2. The van der Waals surface area contributed by atoms with E-state index in [9.17, 15) is 8.42 Å². The molecule has 0 atom stereocenters. The van der Waals surface area contributed by atoms with Gasteiger partial charge in [0.05, 0.1) is 17.3 Å². The second-order valence-electron chi connectivity index (χ2n) is 6.28. The van der Waals surface area contributed by atoms with Gasteiger partial charge in [0, 0.05) is 9.75 Å². The van der Waals surface area contributed by atoms with E-state index in [2.05, 4.69) is 37.5 Å². The molecule has 37 heavy (non-hydrogen) atoms. The van der Waals surface area contributed by atoms with Crippen molar-refractivity contribution < 1.29 is 33.7 Å². The molecule has 0 amide bonds. The Labute approximate surface area is 235 Å². The number of sulfonamides is 1. The summed E-state index contributed by atoms with van der Waals surface area (Å²) in [6.45, 7) is 0. The topological polar surface area (TPSA) is 158 Å². The van der Waals surface area contributed by atoms with Crippen molar-refractivity contribution in [2.24, 2.45) is 20.3 Å². The summed E-state index contributed by atoms with van der Waals surface area (Å²) in [6.07, 6.45) is 4.62. The average Bonchev–Trinajstić information content (AvgIpc) is 3.59. The summed E-state index contributed by atoms with van der Waals surface area (Å²) in [4.78, 5) is 6.05. The minimum atomic E-state index is -3.71. The zero-order valence-electron chi connectivity index (χ0n) is 18.7. The van der Waals surface area contributed by atoms with Crippen LogP contribution in [0, 0.1) is 0 Å². The van der Waals surface area contributed by atoms with Gasteiger partial charge < -0.3 is 28.7 Å². The molecule has 0 fully saturated rings. The van der Waals surface area contributed by atoms with Crippen LogP contribution in [0.5, 0.6) is 0 Å². The fourth-order valence-corrected chi connectivity index (χ4v) is 4.43. The molecule has 0 saturated carbocycles. The zero-order chi connectivity index (χ0) is 26.9. The van der Waals surface area contributed by atoms with Gasteiger partial charge >= 0.3 is 25.3 Å². The van der Waals surface area contributed by atoms with Gasteiger partial charge in [-0.05, 0) is 45.9 Å². The Hall–Kier alpha value is -3.16. The maximum absolute atomic E-state index is 12.2. The van der Waals surface area contributed by atoms with Crippen LogP contribution in [0.3, 0.4) is 0 Å². The Bertz CT molecular complexity index is 1430. The van der Waals surface area contributed by atoms with Gasteiger partial charge in [-0.1, -0.05) is 54.5 Å². The van der Waals surface area contributed by atoms with E-state index in [-0.39, 0.29) is 10.1 Å². The predicted octanol–water partition coefficient (Wildman–Crippen LogP) is 4.99.